The summed E-state index contributed by atoms with van der Waals surface area (Å²) in [5, 5.41) is 3.40. The second-order valence-electron chi connectivity index (χ2n) is 9.62. The fourth-order valence-electron chi connectivity index (χ4n) is 4.56. The minimum absolute atomic E-state index is 0.0499. The van der Waals surface area contributed by atoms with Gasteiger partial charge in [-0.05, 0) is 67.8 Å². The number of carbonyl (C=O) groups is 2. The highest BCUT2D eigenvalue weighted by Gasteiger charge is 2.30. The molecule has 3 aromatic rings. The van der Waals surface area contributed by atoms with Crippen molar-refractivity contribution < 1.29 is 22.7 Å². The largest absolute Gasteiger partial charge is 0.494 e. The van der Waals surface area contributed by atoms with E-state index in [2.05, 4.69) is 5.32 Å². The maximum Gasteiger partial charge on any atom is 0.243 e. The minimum Gasteiger partial charge on any atom is -0.494 e. The van der Waals surface area contributed by atoms with E-state index in [9.17, 15) is 18.0 Å². The number of ether oxygens (including phenoxy) is 1. The van der Waals surface area contributed by atoms with E-state index in [-0.39, 0.29) is 37.7 Å². The van der Waals surface area contributed by atoms with Gasteiger partial charge in [0.25, 0.3) is 0 Å². The molecule has 0 saturated carbocycles. The lowest BCUT2D eigenvalue weighted by Crippen LogP contribution is -2.50. The van der Waals surface area contributed by atoms with Crippen LogP contribution in [0, 0.1) is 0 Å². The molecular formula is C31H38ClN3O5S. The highest BCUT2D eigenvalue weighted by molar-refractivity contribution is 7.92. The second-order valence-corrected chi connectivity index (χ2v) is 12.0. The summed E-state index contributed by atoms with van der Waals surface area (Å²) in [5.74, 6) is 0.141. The quantitative estimate of drug-likeness (QED) is 0.263. The molecule has 0 spiro atoms. The first-order valence-electron chi connectivity index (χ1n) is 13.7. The van der Waals surface area contributed by atoms with Crippen LogP contribution in [0.3, 0.4) is 0 Å². The molecule has 1 unspecified atom stereocenters. The average molecular weight is 600 g/mol. The number of nitrogens with one attached hydrogen (secondary N) is 1. The zero-order valence-electron chi connectivity index (χ0n) is 23.8. The molecule has 0 bridgehead atoms. The van der Waals surface area contributed by atoms with Gasteiger partial charge in [0, 0.05) is 37.5 Å². The van der Waals surface area contributed by atoms with E-state index in [1.54, 1.807) is 47.4 Å². The molecule has 220 valence electrons. The van der Waals surface area contributed by atoms with Gasteiger partial charge in [0.05, 0.1) is 18.6 Å². The number of amides is 2. The Balaban J connectivity index is 1.84. The van der Waals surface area contributed by atoms with Crippen molar-refractivity contribution in [3.8, 4) is 5.75 Å². The standard InChI is InChI=1S/C31H38ClN3O5S/c1-4-33-31(37)29(22-24-11-7-6-8-12-24)34(23-25-13-9-14-26(32)21-25)30(36)15-10-20-35(41(3,38)39)27-16-18-28(19-17-27)40-5-2/h6-9,11-14,16-19,21,29H,4-5,10,15,20,22-23H2,1-3H3,(H,33,37). The predicted octanol–water partition coefficient (Wildman–Crippen LogP) is 5.06. The van der Waals surface area contributed by atoms with Crippen LogP contribution in [0.2, 0.25) is 5.02 Å². The Morgan fingerprint density at radius 3 is 2.24 bits per heavy atom. The molecule has 3 rings (SSSR count). The summed E-state index contributed by atoms with van der Waals surface area (Å²) >= 11 is 6.22. The van der Waals surface area contributed by atoms with Crippen molar-refractivity contribution in [1.29, 1.82) is 0 Å². The Kier molecular flexibility index (Phi) is 12.0. The molecule has 0 aromatic heterocycles. The summed E-state index contributed by atoms with van der Waals surface area (Å²) in [7, 11) is -3.60. The van der Waals surface area contributed by atoms with Crippen molar-refractivity contribution in [2.75, 3.05) is 30.3 Å². The Morgan fingerprint density at radius 1 is 0.951 bits per heavy atom. The van der Waals surface area contributed by atoms with E-state index in [1.807, 2.05) is 50.2 Å². The van der Waals surface area contributed by atoms with E-state index in [0.717, 1.165) is 17.4 Å². The lowest BCUT2D eigenvalue weighted by molar-refractivity contribution is -0.141. The molecule has 0 aliphatic heterocycles. The molecule has 0 heterocycles. The molecule has 0 aliphatic rings. The third-order valence-electron chi connectivity index (χ3n) is 6.45. The van der Waals surface area contributed by atoms with E-state index in [4.69, 9.17) is 16.3 Å². The molecule has 1 atom stereocenters. The van der Waals surface area contributed by atoms with Gasteiger partial charge in [-0.3, -0.25) is 13.9 Å². The van der Waals surface area contributed by atoms with Crippen molar-refractivity contribution in [3.63, 3.8) is 0 Å². The van der Waals surface area contributed by atoms with Crippen LogP contribution >= 0.6 is 11.6 Å². The van der Waals surface area contributed by atoms with Gasteiger partial charge in [0.2, 0.25) is 21.8 Å². The van der Waals surface area contributed by atoms with Crippen LogP contribution in [0.15, 0.2) is 78.9 Å². The summed E-state index contributed by atoms with van der Waals surface area (Å²) in [6.45, 7) is 4.93. The van der Waals surface area contributed by atoms with E-state index in [0.29, 0.717) is 36.0 Å². The Morgan fingerprint density at radius 2 is 1.63 bits per heavy atom. The Bertz CT molecular complexity index is 1380. The maximum absolute atomic E-state index is 13.8. The molecule has 3 aromatic carbocycles. The fourth-order valence-corrected chi connectivity index (χ4v) is 5.74. The first kappa shape index (κ1) is 32.0. The Labute approximate surface area is 248 Å². The molecule has 0 fully saturated rings. The first-order chi connectivity index (χ1) is 19.6. The molecule has 2 amide bonds. The molecule has 0 saturated heterocycles. The zero-order valence-corrected chi connectivity index (χ0v) is 25.3. The van der Waals surface area contributed by atoms with Gasteiger partial charge in [-0.25, -0.2) is 8.42 Å². The summed E-state index contributed by atoms with van der Waals surface area (Å²) in [5.41, 5.74) is 2.20. The molecular weight excluding hydrogens is 562 g/mol. The van der Waals surface area contributed by atoms with Gasteiger partial charge >= 0.3 is 0 Å². The van der Waals surface area contributed by atoms with Crippen molar-refractivity contribution in [1.82, 2.24) is 10.2 Å². The summed E-state index contributed by atoms with van der Waals surface area (Å²) in [6.07, 6.45) is 1.79. The number of rotatable bonds is 15. The van der Waals surface area contributed by atoms with Crippen LogP contribution in [-0.2, 0) is 32.6 Å². The Hall–Kier alpha value is -3.56. The molecule has 1 N–H and O–H groups in total. The topological polar surface area (TPSA) is 96.0 Å². The van der Waals surface area contributed by atoms with Gasteiger partial charge in [-0.1, -0.05) is 54.1 Å². The number of hydrogen-bond acceptors (Lipinski definition) is 5. The number of carbonyl (C=O) groups excluding carboxylic acids is 2. The van der Waals surface area contributed by atoms with Gasteiger partial charge in [-0.15, -0.1) is 0 Å². The SMILES string of the molecule is CCNC(=O)C(Cc1ccccc1)N(Cc1cccc(Cl)c1)C(=O)CCCN(c1ccc(OCC)cc1)S(C)(=O)=O. The number of hydrogen-bond donors (Lipinski definition) is 1. The van der Waals surface area contributed by atoms with Crippen LogP contribution in [0.5, 0.6) is 5.75 Å². The number of sulfonamides is 1. The van der Waals surface area contributed by atoms with E-state index < -0.39 is 16.1 Å². The molecule has 8 nitrogen and oxygen atoms in total. The fraction of sp³-hybridized carbons (Fsp3) is 0.355. The zero-order chi connectivity index (χ0) is 29.8. The summed E-state index contributed by atoms with van der Waals surface area (Å²) < 4.78 is 32.0. The average Bonchev–Trinajstić information content (AvgIpc) is 2.94. The van der Waals surface area contributed by atoms with Crippen LogP contribution < -0.4 is 14.4 Å². The van der Waals surface area contributed by atoms with Crippen LogP contribution in [-0.4, -0.2) is 57.1 Å². The van der Waals surface area contributed by atoms with Crippen LogP contribution in [0.1, 0.15) is 37.8 Å². The van der Waals surface area contributed by atoms with Crippen molar-refractivity contribution in [2.24, 2.45) is 0 Å². The predicted molar refractivity (Wildman–Crippen MR) is 164 cm³/mol. The highest BCUT2D eigenvalue weighted by atomic mass is 35.5. The highest BCUT2D eigenvalue weighted by Crippen LogP contribution is 2.23. The number of nitrogens with zero attached hydrogens (tertiary/aromatic N) is 2. The number of anilines is 1. The molecule has 41 heavy (non-hydrogen) atoms. The maximum atomic E-state index is 13.8. The third kappa shape index (κ3) is 9.79. The number of benzene rings is 3. The monoisotopic (exact) mass is 599 g/mol. The van der Waals surface area contributed by atoms with E-state index >= 15 is 0 Å². The third-order valence-corrected chi connectivity index (χ3v) is 7.88. The van der Waals surface area contributed by atoms with Gasteiger partial charge in [-0.2, -0.15) is 0 Å². The summed E-state index contributed by atoms with van der Waals surface area (Å²) in [4.78, 5) is 28.7. The van der Waals surface area contributed by atoms with Crippen LogP contribution in [0.25, 0.3) is 0 Å². The second kappa shape index (κ2) is 15.4. The van der Waals surface area contributed by atoms with Crippen molar-refractivity contribution >= 4 is 39.1 Å². The minimum atomic E-state index is -3.60. The van der Waals surface area contributed by atoms with Crippen molar-refractivity contribution in [2.45, 2.75) is 45.7 Å². The molecule has 0 aliphatic carbocycles. The van der Waals surface area contributed by atoms with Gasteiger partial charge < -0.3 is 15.0 Å². The number of halogens is 1. The van der Waals surface area contributed by atoms with E-state index in [1.165, 1.54) is 4.31 Å². The summed E-state index contributed by atoms with van der Waals surface area (Å²) in [6, 6.07) is 22.8. The lowest BCUT2D eigenvalue weighted by Gasteiger charge is -2.32. The molecule has 0 radical (unpaired) electrons. The normalized spacial score (nSPS) is 11.9. The first-order valence-corrected chi connectivity index (χ1v) is 15.9. The van der Waals surface area contributed by atoms with Crippen LogP contribution in [0.4, 0.5) is 5.69 Å². The number of likely N-dealkylation sites (N-methyl/N-ethyl adjacent to an activating group) is 1. The molecule has 10 heteroatoms. The van der Waals surface area contributed by atoms with Gasteiger partial charge in [0.1, 0.15) is 11.8 Å². The lowest BCUT2D eigenvalue weighted by atomic mass is 10.0. The smallest absolute Gasteiger partial charge is 0.243 e. The van der Waals surface area contributed by atoms with Crippen molar-refractivity contribution in [3.05, 3.63) is 95.0 Å². The van der Waals surface area contributed by atoms with Gasteiger partial charge in [0.15, 0.2) is 0 Å².